The second kappa shape index (κ2) is 4.39. The first-order valence-corrected chi connectivity index (χ1v) is 5.14. The van der Waals surface area contributed by atoms with Crippen LogP contribution in [0, 0.1) is 0 Å². The molecule has 1 aromatic heterocycles. The smallest absolute Gasteiger partial charge is 0.212 e. The molecule has 2 rings (SSSR count). The van der Waals surface area contributed by atoms with Crippen LogP contribution in [0.3, 0.4) is 0 Å². The van der Waals surface area contributed by atoms with E-state index in [1.165, 1.54) is 4.80 Å². The zero-order valence-corrected chi connectivity index (χ0v) is 9.68. The highest BCUT2D eigenvalue weighted by molar-refractivity contribution is 9.10. The second-order valence-corrected chi connectivity index (χ2v) is 3.85. The van der Waals surface area contributed by atoms with E-state index in [1.54, 1.807) is 7.05 Å². The number of rotatable bonds is 3. The zero-order chi connectivity index (χ0) is 10.7. The SMILES string of the molecule is Cn1nnc(COc2ccc(Br)cc2)n1. The maximum Gasteiger partial charge on any atom is 0.212 e. The van der Waals surface area contributed by atoms with E-state index in [4.69, 9.17) is 4.74 Å². The summed E-state index contributed by atoms with van der Waals surface area (Å²) in [6.45, 7) is 0.329. The van der Waals surface area contributed by atoms with Gasteiger partial charge in [-0.2, -0.15) is 4.80 Å². The van der Waals surface area contributed by atoms with Gasteiger partial charge in [-0.05, 0) is 29.5 Å². The molecular formula is C9H9BrN4O. The maximum absolute atomic E-state index is 5.46. The Morgan fingerprint density at radius 1 is 1.33 bits per heavy atom. The Kier molecular flexibility index (Phi) is 2.96. The lowest BCUT2D eigenvalue weighted by Crippen LogP contribution is -1.98. The first-order valence-electron chi connectivity index (χ1n) is 4.35. The molecule has 0 atom stereocenters. The molecule has 5 nitrogen and oxygen atoms in total. The first-order chi connectivity index (χ1) is 7.24. The third-order valence-corrected chi connectivity index (χ3v) is 2.26. The molecule has 15 heavy (non-hydrogen) atoms. The molecule has 1 heterocycles. The van der Waals surface area contributed by atoms with Crippen molar-refractivity contribution in [3.63, 3.8) is 0 Å². The van der Waals surface area contributed by atoms with Crippen LogP contribution in [0.25, 0.3) is 0 Å². The standard InChI is InChI=1S/C9H9BrN4O/c1-14-12-9(11-13-14)6-15-8-4-2-7(10)3-5-8/h2-5H,6H2,1H3. The van der Waals surface area contributed by atoms with Crippen molar-refractivity contribution < 1.29 is 4.74 Å². The number of aryl methyl sites for hydroxylation is 1. The summed E-state index contributed by atoms with van der Waals surface area (Å²) in [4.78, 5) is 1.40. The molecule has 2 aromatic rings. The normalized spacial score (nSPS) is 10.3. The Morgan fingerprint density at radius 3 is 2.67 bits per heavy atom. The first kappa shape index (κ1) is 10.1. The van der Waals surface area contributed by atoms with Crippen LogP contribution in [0.2, 0.25) is 0 Å². The predicted octanol–water partition coefficient (Wildman–Crippen LogP) is 1.55. The van der Waals surface area contributed by atoms with Crippen molar-refractivity contribution in [2.24, 2.45) is 7.05 Å². The Labute approximate surface area is 95.2 Å². The molecule has 0 aliphatic rings. The summed E-state index contributed by atoms with van der Waals surface area (Å²) in [6.07, 6.45) is 0. The molecule has 78 valence electrons. The monoisotopic (exact) mass is 268 g/mol. The average molecular weight is 269 g/mol. The highest BCUT2D eigenvalue weighted by atomic mass is 79.9. The average Bonchev–Trinajstić information content (AvgIpc) is 2.64. The van der Waals surface area contributed by atoms with Gasteiger partial charge in [0.15, 0.2) is 6.61 Å². The minimum Gasteiger partial charge on any atom is -0.485 e. The minimum absolute atomic E-state index is 0.329. The fourth-order valence-corrected chi connectivity index (χ4v) is 1.32. The topological polar surface area (TPSA) is 52.8 Å². The summed E-state index contributed by atoms with van der Waals surface area (Å²) in [5.74, 6) is 1.35. The highest BCUT2D eigenvalue weighted by Gasteiger charge is 2.01. The van der Waals surface area contributed by atoms with Crippen molar-refractivity contribution >= 4 is 15.9 Å². The van der Waals surface area contributed by atoms with E-state index in [0.29, 0.717) is 12.4 Å². The molecule has 0 amide bonds. The van der Waals surface area contributed by atoms with Crippen molar-refractivity contribution in [3.8, 4) is 5.75 Å². The summed E-state index contributed by atoms with van der Waals surface area (Å²) in [5, 5.41) is 11.5. The summed E-state index contributed by atoms with van der Waals surface area (Å²) < 4.78 is 6.48. The van der Waals surface area contributed by atoms with Gasteiger partial charge in [0.25, 0.3) is 0 Å². The van der Waals surface area contributed by atoms with Crippen LogP contribution in [0.4, 0.5) is 0 Å². The molecule has 0 aliphatic heterocycles. The molecule has 0 saturated carbocycles. The Hall–Kier alpha value is -1.43. The number of tetrazole rings is 1. The van der Waals surface area contributed by atoms with E-state index in [9.17, 15) is 0 Å². The van der Waals surface area contributed by atoms with Crippen LogP contribution >= 0.6 is 15.9 Å². The van der Waals surface area contributed by atoms with Gasteiger partial charge in [-0.25, -0.2) is 0 Å². The zero-order valence-electron chi connectivity index (χ0n) is 8.09. The molecule has 1 aromatic carbocycles. The van der Waals surface area contributed by atoms with Gasteiger partial charge >= 0.3 is 0 Å². The molecular weight excluding hydrogens is 260 g/mol. The van der Waals surface area contributed by atoms with Crippen LogP contribution in [-0.4, -0.2) is 20.2 Å². The third kappa shape index (κ3) is 2.76. The van der Waals surface area contributed by atoms with Gasteiger partial charge < -0.3 is 4.74 Å². The molecule has 0 saturated heterocycles. The van der Waals surface area contributed by atoms with E-state index >= 15 is 0 Å². The Balaban J connectivity index is 1.96. The number of benzene rings is 1. The third-order valence-electron chi connectivity index (χ3n) is 1.73. The lowest BCUT2D eigenvalue weighted by Gasteiger charge is -2.02. The molecule has 0 spiro atoms. The second-order valence-electron chi connectivity index (χ2n) is 2.94. The number of hydrogen-bond donors (Lipinski definition) is 0. The van der Waals surface area contributed by atoms with E-state index in [1.807, 2.05) is 24.3 Å². The number of halogens is 1. The quantitative estimate of drug-likeness (QED) is 0.848. The van der Waals surface area contributed by atoms with Crippen LogP contribution in [0.1, 0.15) is 5.82 Å². The molecule has 0 radical (unpaired) electrons. The maximum atomic E-state index is 5.46. The molecule has 6 heteroatoms. The van der Waals surface area contributed by atoms with E-state index in [2.05, 4.69) is 31.3 Å². The molecule has 0 unspecified atom stereocenters. The molecule has 0 N–H and O–H groups in total. The van der Waals surface area contributed by atoms with Crippen LogP contribution in [0.15, 0.2) is 28.7 Å². The summed E-state index contributed by atoms with van der Waals surface area (Å²) in [6, 6.07) is 7.58. The van der Waals surface area contributed by atoms with Gasteiger partial charge in [0.05, 0.1) is 7.05 Å². The van der Waals surface area contributed by atoms with Gasteiger partial charge in [0.1, 0.15) is 5.75 Å². The van der Waals surface area contributed by atoms with Gasteiger partial charge in [-0.1, -0.05) is 15.9 Å². The highest BCUT2D eigenvalue weighted by Crippen LogP contribution is 2.16. The van der Waals surface area contributed by atoms with Crippen molar-refractivity contribution in [3.05, 3.63) is 34.6 Å². The van der Waals surface area contributed by atoms with Crippen molar-refractivity contribution in [2.45, 2.75) is 6.61 Å². The fourth-order valence-electron chi connectivity index (χ4n) is 1.06. The Morgan fingerprint density at radius 2 is 2.07 bits per heavy atom. The number of ether oxygens (including phenoxy) is 1. The van der Waals surface area contributed by atoms with Crippen molar-refractivity contribution in [1.82, 2.24) is 20.2 Å². The van der Waals surface area contributed by atoms with Crippen molar-refractivity contribution in [1.29, 1.82) is 0 Å². The minimum atomic E-state index is 0.329. The van der Waals surface area contributed by atoms with Gasteiger partial charge in [0.2, 0.25) is 5.82 Å². The number of hydrogen-bond acceptors (Lipinski definition) is 4. The van der Waals surface area contributed by atoms with Crippen LogP contribution in [0.5, 0.6) is 5.75 Å². The lowest BCUT2D eigenvalue weighted by molar-refractivity contribution is 0.295. The summed E-state index contributed by atoms with van der Waals surface area (Å²) in [7, 11) is 1.72. The van der Waals surface area contributed by atoms with Gasteiger partial charge in [0, 0.05) is 4.47 Å². The molecule has 0 fully saturated rings. The number of aromatic nitrogens is 4. The predicted molar refractivity (Wildman–Crippen MR) is 57.3 cm³/mol. The fraction of sp³-hybridized carbons (Fsp3) is 0.222. The van der Waals surface area contributed by atoms with E-state index < -0.39 is 0 Å². The van der Waals surface area contributed by atoms with E-state index in [-0.39, 0.29) is 0 Å². The van der Waals surface area contributed by atoms with Crippen LogP contribution in [-0.2, 0) is 13.7 Å². The summed E-state index contributed by atoms with van der Waals surface area (Å²) in [5.41, 5.74) is 0. The lowest BCUT2D eigenvalue weighted by atomic mass is 10.3. The summed E-state index contributed by atoms with van der Waals surface area (Å²) >= 11 is 3.35. The number of nitrogens with zero attached hydrogens (tertiary/aromatic N) is 4. The largest absolute Gasteiger partial charge is 0.485 e. The Bertz CT molecular complexity index is 440. The van der Waals surface area contributed by atoms with E-state index in [0.717, 1.165) is 10.2 Å². The van der Waals surface area contributed by atoms with Gasteiger partial charge in [-0.3, -0.25) is 0 Å². The molecule has 0 aliphatic carbocycles. The molecule has 0 bridgehead atoms. The van der Waals surface area contributed by atoms with Gasteiger partial charge in [-0.15, -0.1) is 10.2 Å². The van der Waals surface area contributed by atoms with Crippen LogP contribution < -0.4 is 4.74 Å². The van der Waals surface area contributed by atoms with Crippen molar-refractivity contribution in [2.75, 3.05) is 0 Å².